The van der Waals surface area contributed by atoms with Crippen molar-refractivity contribution in [1.82, 2.24) is 4.57 Å². The van der Waals surface area contributed by atoms with E-state index in [0.29, 0.717) is 30.6 Å². The summed E-state index contributed by atoms with van der Waals surface area (Å²) in [5.74, 6) is 0.111. The first-order chi connectivity index (χ1) is 11.5. The van der Waals surface area contributed by atoms with Crippen LogP contribution in [0.15, 0.2) is 36.5 Å². The average molecular weight is 324 g/mol. The first kappa shape index (κ1) is 16.2. The van der Waals surface area contributed by atoms with Crippen molar-refractivity contribution in [1.29, 1.82) is 0 Å². The Hall–Kier alpha value is -2.69. The molecule has 0 unspecified atom stereocenters. The minimum atomic E-state index is -0.0878. The Bertz CT molecular complexity index is 787. The highest BCUT2D eigenvalue weighted by molar-refractivity contribution is 5.98. The summed E-state index contributed by atoms with van der Waals surface area (Å²) in [5, 5.41) is 2.83. The Morgan fingerprint density at radius 1 is 1.12 bits per heavy atom. The number of benzene rings is 1. The summed E-state index contributed by atoms with van der Waals surface area (Å²) in [4.78, 5) is 35.2. The molecule has 1 amide bonds. The van der Waals surface area contributed by atoms with Gasteiger partial charge in [0.1, 0.15) is 0 Å². The van der Waals surface area contributed by atoms with Gasteiger partial charge in [-0.15, -0.1) is 0 Å². The summed E-state index contributed by atoms with van der Waals surface area (Å²) in [6.07, 6.45) is 4.62. The summed E-state index contributed by atoms with van der Waals surface area (Å²) in [6.45, 7) is 2.07. The third kappa shape index (κ3) is 3.45. The molecule has 1 aliphatic carbocycles. The number of aromatic nitrogens is 1. The number of amides is 1. The van der Waals surface area contributed by atoms with Crippen LogP contribution in [0.1, 0.15) is 52.6 Å². The number of hydrogen-bond donors (Lipinski definition) is 1. The van der Waals surface area contributed by atoms with E-state index in [2.05, 4.69) is 5.32 Å². The molecule has 0 saturated carbocycles. The first-order valence-electron chi connectivity index (χ1n) is 8.16. The molecule has 5 nitrogen and oxygen atoms in total. The monoisotopic (exact) mass is 324 g/mol. The zero-order valence-corrected chi connectivity index (χ0v) is 13.7. The van der Waals surface area contributed by atoms with Crippen LogP contribution in [0.3, 0.4) is 0 Å². The maximum Gasteiger partial charge on any atom is 0.226 e. The second-order valence-electron chi connectivity index (χ2n) is 6.08. The van der Waals surface area contributed by atoms with Crippen molar-refractivity contribution in [3.8, 4) is 0 Å². The Labute approximate surface area is 140 Å². The molecule has 5 heteroatoms. The second kappa shape index (κ2) is 6.83. The van der Waals surface area contributed by atoms with Crippen LogP contribution < -0.4 is 5.32 Å². The molecule has 0 fully saturated rings. The molecule has 0 radical (unpaired) electrons. The molecular formula is C19H20N2O3. The SMILES string of the molecule is CC(=O)c1ccc(NC(=O)CCn2ccc3c2CCCC3=O)cc1. The Kier molecular flexibility index (Phi) is 4.60. The summed E-state index contributed by atoms with van der Waals surface area (Å²) >= 11 is 0. The molecule has 124 valence electrons. The molecule has 0 aliphatic heterocycles. The number of rotatable bonds is 5. The van der Waals surface area contributed by atoms with E-state index in [4.69, 9.17) is 0 Å². The first-order valence-corrected chi connectivity index (χ1v) is 8.16. The number of carbonyl (C=O) groups is 3. The van der Waals surface area contributed by atoms with Gasteiger partial charge >= 0.3 is 0 Å². The van der Waals surface area contributed by atoms with Gasteiger partial charge in [-0.3, -0.25) is 14.4 Å². The predicted molar refractivity (Wildman–Crippen MR) is 91.4 cm³/mol. The van der Waals surface area contributed by atoms with Crippen molar-refractivity contribution in [2.24, 2.45) is 0 Å². The largest absolute Gasteiger partial charge is 0.350 e. The van der Waals surface area contributed by atoms with E-state index >= 15 is 0 Å². The van der Waals surface area contributed by atoms with Gasteiger partial charge in [0.25, 0.3) is 0 Å². The molecule has 2 aromatic rings. The molecule has 3 rings (SSSR count). The van der Waals surface area contributed by atoms with Crippen molar-refractivity contribution < 1.29 is 14.4 Å². The van der Waals surface area contributed by atoms with Crippen molar-refractivity contribution in [2.45, 2.75) is 39.2 Å². The molecule has 0 bridgehead atoms. The smallest absolute Gasteiger partial charge is 0.226 e. The minimum Gasteiger partial charge on any atom is -0.350 e. The molecule has 1 aromatic heterocycles. The highest BCUT2D eigenvalue weighted by Crippen LogP contribution is 2.22. The normalized spacial score (nSPS) is 13.5. The molecule has 0 saturated heterocycles. The van der Waals surface area contributed by atoms with E-state index in [9.17, 15) is 14.4 Å². The number of nitrogens with one attached hydrogen (secondary N) is 1. The van der Waals surface area contributed by atoms with Gasteiger partial charge in [0.05, 0.1) is 0 Å². The molecule has 24 heavy (non-hydrogen) atoms. The third-order valence-corrected chi connectivity index (χ3v) is 4.35. The van der Waals surface area contributed by atoms with E-state index in [1.807, 2.05) is 16.8 Å². The third-order valence-electron chi connectivity index (χ3n) is 4.35. The van der Waals surface area contributed by atoms with E-state index in [-0.39, 0.29) is 17.5 Å². The van der Waals surface area contributed by atoms with Gasteiger partial charge in [-0.2, -0.15) is 0 Å². The molecule has 1 aliphatic rings. The van der Waals surface area contributed by atoms with Crippen LogP contribution in [0.5, 0.6) is 0 Å². The van der Waals surface area contributed by atoms with Crippen LogP contribution in [-0.2, 0) is 17.8 Å². The zero-order valence-electron chi connectivity index (χ0n) is 13.7. The average Bonchev–Trinajstić information content (AvgIpc) is 2.98. The molecular weight excluding hydrogens is 304 g/mol. The Balaban J connectivity index is 1.58. The fourth-order valence-electron chi connectivity index (χ4n) is 3.03. The van der Waals surface area contributed by atoms with Crippen molar-refractivity contribution >= 4 is 23.2 Å². The van der Waals surface area contributed by atoms with Crippen molar-refractivity contribution in [3.05, 3.63) is 53.3 Å². The predicted octanol–water partition coefficient (Wildman–Crippen LogP) is 3.24. The highest BCUT2D eigenvalue weighted by Gasteiger charge is 2.20. The lowest BCUT2D eigenvalue weighted by Crippen LogP contribution is -2.17. The number of hydrogen-bond acceptors (Lipinski definition) is 3. The minimum absolute atomic E-state index is 0.000180. The van der Waals surface area contributed by atoms with Gasteiger partial charge in [-0.05, 0) is 50.1 Å². The van der Waals surface area contributed by atoms with E-state index in [1.165, 1.54) is 6.92 Å². The van der Waals surface area contributed by atoms with Gasteiger partial charge in [0.2, 0.25) is 5.91 Å². The molecule has 1 aromatic carbocycles. The summed E-state index contributed by atoms with van der Waals surface area (Å²) in [5.41, 5.74) is 3.15. The van der Waals surface area contributed by atoms with Crippen molar-refractivity contribution in [2.75, 3.05) is 5.32 Å². The number of Topliss-reactive ketones (excluding diaryl/α,β-unsaturated/α-hetero) is 2. The van der Waals surface area contributed by atoms with Gasteiger partial charge in [0.15, 0.2) is 11.6 Å². The van der Waals surface area contributed by atoms with Crippen LogP contribution >= 0.6 is 0 Å². The number of carbonyl (C=O) groups excluding carboxylic acids is 3. The maximum absolute atomic E-state index is 12.1. The lowest BCUT2D eigenvalue weighted by molar-refractivity contribution is -0.116. The van der Waals surface area contributed by atoms with E-state index < -0.39 is 0 Å². The maximum atomic E-state index is 12.1. The molecule has 1 N–H and O–H groups in total. The lowest BCUT2D eigenvalue weighted by atomic mass is 9.97. The molecule has 1 heterocycles. The molecule has 0 atom stereocenters. The van der Waals surface area contributed by atoms with Crippen LogP contribution in [0.4, 0.5) is 5.69 Å². The van der Waals surface area contributed by atoms with Crippen molar-refractivity contribution in [3.63, 3.8) is 0 Å². The number of anilines is 1. The molecule has 0 spiro atoms. The van der Waals surface area contributed by atoms with Gasteiger partial charge in [-0.25, -0.2) is 0 Å². The van der Waals surface area contributed by atoms with Gasteiger partial charge in [-0.1, -0.05) is 0 Å². The zero-order chi connectivity index (χ0) is 17.1. The number of ketones is 2. The standard InChI is InChI=1S/C19H20N2O3/c1-13(22)14-5-7-15(8-6-14)20-19(24)10-12-21-11-9-16-17(21)3-2-4-18(16)23/h5-9,11H,2-4,10,12H2,1H3,(H,20,24). The van der Waals surface area contributed by atoms with Gasteiger partial charge < -0.3 is 9.88 Å². The second-order valence-corrected chi connectivity index (χ2v) is 6.08. The van der Waals surface area contributed by atoms with Gasteiger partial charge in [0, 0.05) is 48.1 Å². The van der Waals surface area contributed by atoms with E-state index in [0.717, 1.165) is 24.1 Å². The Morgan fingerprint density at radius 2 is 1.88 bits per heavy atom. The summed E-state index contributed by atoms with van der Waals surface area (Å²) < 4.78 is 2.00. The van der Waals surface area contributed by atoms with Crippen LogP contribution in [0.2, 0.25) is 0 Å². The topological polar surface area (TPSA) is 68.2 Å². The fraction of sp³-hybridized carbons (Fsp3) is 0.316. The Morgan fingerprint density at radius 3 is 2.58 bits per heavy atom. The van der Waals surface area contributed by atoms with Crippen LogP contribution in [0.25, 0.3) is 0 Å². The number of fused-ring (bicyclic) bond motifs is 1. The quantitative estimate of drug-likeness (QED) is 0.859. The highest BCUT2D eigenvalue weighted by atomic mass is 16.1. The fourth-order valence-corrected chi connectivity index (χ4v) is 3.03. The number of aryl methyl sites for hydroxylation is 1. The number of nitrogens with zero attached hydrogens (tertiary/aromatic N) is 1. The van der Waals surface area contributed by atoms with Crippen LogP contribution in [0, 0.1) is 0 Å². The summed E-state index contributed by atoms with van der Waals surface area (Å²) in [7, 11) is 0. The van der Waals surface area contributed by atoms with Crippen LogP contribution in [-0.4, -0.2) is 22.0 Å². The lowest BCUT2D eigenvalue weighted by Gasteiger charge is -2.15. The summed E-state index contributed by atoms with van der Waals surface area (Å²) in [6, 6.07) is 8.71. The van der Waals surface area contributed by atoms with E-state index in [1.54, 1.807) is 24.3 Å².